The maximum absolute atomic E-state index is 12.5. The Labute approximate surface area is 118 Å². The molecule has 1 aromatic rings. The molecule has 0 saturated carbocycles. The van der Waals surface area contributed by atoms with Crippen LogP contribution in [-0.2, 0) is 11.3 Å². The number of hydrogen-bond acceptors (Lipinski definition) is 4. The van der Waals surface area contributed by atoms with E-state index in [9.17, 15) is 22.8 Å². The van der Waals surface area contributed by atoms with E-state index in [0.29, 0.717) is 11.4 Å². The Morgan fingerprint density at radius 2 is 2.10 bits per heavy atom. The van der Waals surface area contributed by atoms with Crippen LogP contribution in [0.25, 0.3) is 0 Å². The summed E-state index contributed by atoms with van der Waals surface area (Å²) in [6.07, 6.45) is -2.09. The molecule has 0 bridgehead atoms. The highest BCUT2D eigenvalue weighted by atomic mass is 19.4. The van der Waals surface area contributed by atoms with Gasteiger partial charge in [-0.15, -0.1) is 0 Å². The predicted molar refractivity (Wildman–Crippen MR) is 69.2 cm³/mol. The summed E-state index contributed by atoms with van der Waals surface area (Å²) in [5, 5.41) is 8.70. The number of aliphatic carboxylic acids is 1. The number of aromatic nitrogens is 2. The Morgan fingerprint density at radius 3 is 2.57 bits per heavy atom. The third kappa shape index (κ3) is 5.44. The van der Waals surface area contributed by atoms with Gasteiger partial charge in [0, 0.05) is 18.9 Å². The molecule has 0 aliphatic heterocycles. The minimum absolute atomic E-state index is 0.105. The molecule has 0 spiro atoms. The van der Waals surface area contributed by atoms with Crippen LogP contribution in [-0.4, -0.2) is 39.9 Å². The Morgan fingerprint density at radius 1 is 1.48 bits per heavy atom. The van der Waals surface area contributed by atoms with Gasteiger partial charge in [-0.05, 0) is 5.92 Å². The van der Waals surface area contributed by atoms with Crippen molar-refractivity contribution in [1.29, 1.82) is 0 Å². The Balaban J connectivity index is 3.18. The molecule has 0 radical (unpaired) electrons. The van der Waals surface area contributed by atoms with E-state index in [-0.39, 0.29) is 5.92 Å². The zero-order valence-corrected chi connectivity index (χ0v) is 11.6. The normalized spacial score (nSPS) is 11.7. The molecule has 1 rings (SSSR count). The molecule has 0 aliphatic carbocycles. The van der Waals surface area contributed by atoms with Gasteiger partial charge in [0.05, 0.1) is 0 Å². The van der Waals surface area contributed by atoms with Crippen LogP contribution in [0, 0.1) is 5.92 Å². The number of halogens is 3. The lowest BCUT2D eigenvalue weighted by Crippen LogP contribution is -2.42. The maximum Gasteiger partial charge on any atom is 0.405 e. The van der Waals surface area contributed by atoms with Crippen LogP contribution in [0.1, 0.15) is 13.8 Å². The van der Waals surface area contributed by atoms with Gasteiger partial charge in [-0.3, -0.25) is 9.59 Å². The van der Waals surface area contributed by atoms with Crippen molar-refractivity contribution in [2.75, 3.05) is 18.0 Å². The van der Waals surface area contributed by atoms with Crippen molar-refractivity contribution in [2.45, 2.75) is 26.6 Å². The number of nitrogens with zero attached hydrogens (tertiary/aromatic N) is 3. The van der Waals surface area contributed by atoms with E-state index in [4.69, 9.17) is 5.11 Å². The number of anilines is 1. The van der Waals surface area contributed by atoms with E-state index >= 15 is 0 Å². The maximum atomic E-state index is 12.5. The van der Waals surface area contributed by atoms with Gasteiger partial charge >= 0.3 is 12.1 Å². The number of carbonyl (C=O) groups is 1. The highest BCUT2D eigenvalue weighted by molar-refractivity contribution is 5.73. The van der Waals surface area contributed by atoms with Crippen molar-refractivity contribution in [1.82, 2.24) is 9.55 Å². The van der Waals surface area contributed by atoms with Crippen molar-refractivity contribution in [3.05, 3.63) is 22.7 Å². The molecule has 0 amide bonds. The number of rotatable bonds is 6. The monoisotopic (exact) mass is 307 g/mol. The topological polar surface area (TPSA) is 75.4 Å². The summed E-state index contributed by atoms with van der Waals surface area (Å²) in [4.78, 5) is 26.8. The first-order valence-corrected chi connectivity index (χ1v) is 6.19. The van der Waals surface area contributed by atoms with E-state index < -0.39 is 36.6 Å². The predicted octanol–water partition coefficient (Wildman–Crippen LogP) is 1.35. The standard InChI is InChI=1S/C12H16F3N3O3/c1-8(2)5-17-4-3-16-10(11(17)21)18(6-9(19)20)7-12(13,14)15/h3-4,8H,5-7H2,1-2H3,(H,19,20). The first-order valence-electron chi connectivity index (χ1n) is 6.19. The smallest absolute Gasteiger partial charge is 0.405 e. The van der Waals surface area contributed by atoms with Gasteiger partial charge in [0.1, 0.15) is 13.1 Å². The molecule has 1 aromatic heterocycles. The molecule has 1 N–H and O–H groups in total. The zero-order valence-electron chi connectivity index (χ0n) is 11.6. The largest absolute Gasteiger partial charge is 0.480 e. The minimum Gasteiger partial charge on any atom is -0.480 e. The summed E-state index contributed by atoms with van der Waals surface area (Å²) in [5.41, 5.74) is -0.739. The van der Waals surface area contributed by atoms with Crippen molar-refractivity contribution >= 4 is 11.8 Å². The molecule has 6 nitrogen and oxygen atoms in total. The Bertz CT molecular complexity index is 555. The summed E-state index contributed by atoms with van der Waals surface area (Å²) < 4.78 is 38.8. The molecule has 0 saturated heterocycles. The highest BCUT2D eigenvalue weighted by Gasteiger charge is 2.33. The van der Waals surface area contributed by atoms with Crippen LogP contribution < -0.4 is 10.5 Å². The van der Waals surface area contributed by atoms with Gasteiger partial charge in [-0.25, -0.2) is 4.98 Å². The zero-order chi connectivity index (χ0) is 16.2. The van der Waals surface area contributed by atoms with Crippen LogP contribution in [0.15, 0.2) is 17.2 Å². The molecule has 0 fully saturated rings. The van der Waals surface area contributed by atoms with Crippen LogP contribution in [0.5, 0.6) is 0 Å². The first-order chi connectivity index (χ1) is 9.60. The molecule has 9 heteroatoms. The molecule has 21 heavy (non-hydrogen) atoms. The van der Waals surface area contributed by atoms with E-state index in [1.54, 1.807) is 0 Å². The third-order valence-corrected chi connectivity index (χ3v) is 2.45. The van der Waals surface area contributed by atoms with Crippen LogP contribution in [0.3, 0.4) is 0 Å². The van der Waals surface area contributed by atoms with Crippen molar-refractivity contribution in [2.24, 2.45) is 5.92 Å². The van der Waals surface area contributed by atoms with E-state index in [2.05, 4.69) is 4.98 Å². The molecular weight excluding hydrogens is 291 g/mol. The Kier molecular flexibility index (Phi) is 5.34. The number of hydrogen-bond donors (Lipinski definition) is 1. The van der Waals surface area contributed by atoms with E-state index in [0.717, 1.165) is 0 Å². The quantitative estimate of drug-likeness (QED) is 0.858. The molecule has 1 heterocycles. The number of carboxylic acid groups (broad SMARTS) is 1. The fourth-order valence-corrected chi connectivity index (χ4v) is 1.78. The SMILES string of the molecule is CC(C)Cn1ccnc(N(CC(=O)O)CC(F)(F)F)c1=O. The lowest BCUT2D eigenvalue weighted by Gasteiger charge is -2.23. The average Bonchev–Trinajstić information content (AvgIpc) is 2.28. The Hall–Kier alpha value is -2.06. The molecular formula is C12H16F3N3O3. The summed E-state index contributed by atoms with van der Waals surface area (Å²) >= 11 is 0. The van der Waals surface area contributed by atoms with Gasteiger partial charge in [0.25, 0.3) is 5.56 Å². The second-order valence-corrected chi connectivity index (χ2v) is 4.97. The lowest BCUT2D eigenvalue weighted by atomic mass is 10.2. The molecule has 0 unspecified atom stereocenters. The third-order valence-electron chi connectivity index (χ3n) is 2.45. The molecule has 0 atom stereocenters. The van der Waals surface area contributed by atoms with Gasteiger partial charge in [0.15, 0.2) is 5.82 Å². The highest BCUT2D eigenvalue weighted by Crippen LogP contribution is 2.18. The average molecular weight is 307 g/mol. The van der Waals surface area contributed by atoms with Gasteiger partial charge < -0.3 is 14.6 Å². The van der Waals surface area contributed by atoms with Crippen molar-refractivity contribution in [3.63, 3.8) is 0 Å². The number of carboxylic acids is 1. The van der Waals surface area contributed by atoms with E-state index in [1.165, 1.54) is 17.0 Å². The summed E-state index contributed by atoms with van der Waals surface area (Å²) in [7, 11) is 0. The first kappa shape index (κ1) is 17.0. The van der Waals surface area contributed by atoms with Crippen LogP contribution in [0.4, 0.5) is 19.0 Å². The molecule has 0 aromatic carbocycles. The van der Waals surface area contributed by atoms with Crippen LogP contribution in [0.2, 0.25) is 0 Å². The van der Waals surface area contributed by atoms with Crippen molar-refractivity contribution < 1.29 is 23.1 Å². The van der Waals surface area contributed by atoms with Gasteiger partial charge in [0.2, 0.25) is 0 Å². The van der Waals surface area contributed by atoms with Gasteiger partial charge in [-0.1, -0.05) is 13.8 Å². The molecule has 0 aliphatic rings. The van der Waals surface area contributed by atoms with Gasteiger partial charge in [-0.2, -0.15) is 13.2 Å². The second kappa shape index (κ2) is 6.59. The minimum atomic E-state index is -4.64. The van der Waals surface area contributed by atoms with Crippen LogP contribution >= 0.6 is 0 Å². The summed E-state index contributed by atoms with van der Waals surface area (Å²) in [6.45, 7) is 1.50. The second-order valence-electron chi connectivity index (χ2n) is 4.97. The van der Waals surface area contributed by atoms with Crippen molar-refractivity contribution in [3.8, 4) is 0 Å². The van der Waals surface area contributed by atoms with E-state index in [1.807, 2.05) is 13.8 Å². The summed E-state index contributed by atoms with van der Waals surface area (Å²) in [6, 6.07) is 0. The number of alkyl halides is 3. The fourth-order valence-electron chi connectivity index (χ4n) is 1.78. The lowest BCUT2D eigenvalue weighted by molar-refractivity contribution is -0.136. The fraction of sp³-hybridized carbons (Fsp3) is 0.583. The molecule has 118 valence electrons. The summed E-state index contributed by atoms with van der Waals surface area (Å²) in [5.74, 6) is -1.88.